The number of carbonyl (C=O) groups is 1. The number of ether oxygens (including phenoxy) is 3. The van der Waals surface area contributed by atoms with Gasteiger partial charge in [0.2, 0.25) is 0 Å². The number of nitro benzene ring substituents is 1. The van der Waals surface area contributed by atoms with Crippen molar-refractivity contribution in [3.8, 4) is 0 Å². The standard InChI is InChI=1S/C19H28N2O7/c1-26-10-7-20(16-5-8-28-9-6-16)17-4-3-14(11-18(17)21(24)25)15(13-27-2)12-19(22)23/h3-4,11,15-16H,5-10,12-13H2,1-2H3,(H,22,23). The van der Waals surface area contributed by atoms with Crippen LogP contribution < -0.4 is 4.90 Å². The van der Waals surface area contributed by atoms with E-state index in [1.54, 1.807) is 19.2 Å². The molecule has 1 aliphatic rings. The third-order valence-corrected chi connectivity index (χ3v) is 4.93. The van der Waals surface area contributed by atoms with E-state index in [-0.39, 0.29) is 24.8 Å². The van der Waals surface area contributed by atoms with E-state index in [0.717, 1.165) is 12.8 Å². The highest BCUT2D eigenvalue weighted by Gasteiger charge is 2.28. The fourth-order valence-electron chi connectivity index (χ4n) is 3.55. The fourth-order valence-corrected chi connectivity index (χ4v) is 3.55. The zero-order chi connectivity index (χ0) is 20.5. The highest BCUT2D eigenvalue weighted by molar-refractivity contribution is 5.69. The lowest BCUT2D eigenvalue weighted by Crippen LogP contribution is -2.41. The summed E-state index contributed by atoms with van der Waals surface area (Å²) in [5.41, 5.74) is 1.06. The molecule has 1 fully saturated rings. The molecule has 0 radical (unpaired) electrons. The predicted molar refractivity (Wildman–Crippen MR) is 103 cm³/mol. The molecule has 1 aromatic carbocycles. The second kappa shape index (κ2) is 10.9. The normalized spacial score (nSPS) is 15.9. The van der Waals surface area contributed by atoms with Crippen molar-refractivity contribution in [2.45, 2.75) is 31.2 Å². The van der Waals surface area contributed by atoms with Crippen LogP contribution in [0.2, 0.25) is 0 Å². The van der Waals surface area contributed by atoms with E-state index >= 15 is 0 Å². The van der Waals surface area contributed by atoms with Gasteiger partial charge in [-0.25, -0.2) is 0 Å². The monoisotopic (exact) mass is 396 g/mol. The van der Waals surface area contributed by atoms with Crippen LogP contribution in [0.5, 0.6) is 0 Å². The summed E-state index contributed by atoms with van der Waals surface area (Å²) in [5, 5.41) is 21.0. The highest BCUT2D eigenvalue weighted by atomic mass is 16.6. The van der Waals surface area contributed by atoms with Crippen LogP contribution in [0.25, 0.3) is 0 Å². The molecule has 156 valence electrons. The molecule has 28 heavy (non-hydrogen) atoms. The van der Waals surface area contributed by atoms with Gasteiger partial charge in [0.05, 0.1) is 24.6 Å². The SMILES string of the molecule is COCCN(c1ccc(C(COC)CC(=O)O)cc1[N+](=O)[O-])C1CCOCC1. The smallest absolute Gasteiger partial charge is 0.304 e. The second-order valence-corrected chi connectivity index (χ2v) is 6.79. The summed E-state index contributed by atoms with van der Waals surface area (Å²) in [7, 11) is 3.08. The van der Waals surface area contributed by atoms with E-state index in [9.17, 15) is 14.9 Å². The summed E-state index contributed by atoms with van der Waals surface area (Å²) >= 11 is 0. The highest BCUT2D eigenvalue weighted by Crippen LogP contribution is 2.35. The van der Waals surface area contributed by atoms with Crippen molar-refractivity contribution in [1.29, 1.82) is 0 Å². The van der Waals surface area contributed by atoms with Gasteiger partial charge < -0.3 is 24.2 Å². The number of methoxy groups -OCH3 is 2. The van der Waals surface area contributed by atoms with Crippen LogP contribution in [0, 0.1) is 10.1 Å². The van der Waals surface area contributed by atoms with Crippen LogP contribution in [-0.2, 0) is 19.0 Å². The van der Waals surface area contributed by atoms with Crippen molar-refractivity contribution in [2.75, 3.05) is 52.1 Å². The van der Waals surface area contributed by atoms with Crippen LogP contribution in [0.3, 0.4) is 0 Å². The maximum Gasteiger partial charge on any atom is 0.304 e. The van der Waals surface area contributed by atoms with Crippen molar-refractivity contribution < 1.29 is 29.0 Å². The van der Waals surface area contributed by atoms with Crippen molar-refractivity contribution in [1.82, 2.24) is 0 Å². The van der Waals surface area contributed by atoms with Crippen molar-refractivity contribution >= 4 is 17.3 Å². The van der Waals surface area contributed by atoms with Crippen molar-refractivity contribution in [3.63, 3.8) is 0 Å². The van der Waals surface area contributed by atoms with Crippen molar-refractivity contribution in [3.05, 3.63) is 33.9 Å². The summed E-state index contributed by atoms with van der Waals surface area (Å²) in [6.45, 7) is 2.39. The van der Waals surface area contributed by atoms with Gasteiger partial charge in [0.25, 0.3) is 5.69 Å². The minimum absolute atomic E-state index is 0.0356. The summed E-state index contributed by atoms with van der Waals surface area (Å²) in [6, 6.07) is 5.07. The van der Waals surface area contributed by atoms with E-state index in [1.807, 2.05) is 4.90 Å². The Bertz CT molecular complexity index is 662. The number of hydrogen-bond donors (Lipinski definition) is 1. The van der Waals surface area contributed by atoms with Crippen LogP contribution in [0.1, 0.15) is 30.7 Å². The predicted octanol–water partition coefficient (Wildman–Crippen LogP) is 2.43. The molecule has 0 spiro atoms. The number of carboxylic acid groups (broad SMARTS) is 1. The summed E-state index contributed by atoms with van der Waals surface area (Å²) in [5.74, 6) is -1.43. The first-order chi connectivity index (χ1) is 13.5. The molecule has 0 aromatic heterocycles. The molecule has 0 saturated carbocycles. The molecule has 1 N–H and O–H groups in total. The molecule has 9 nitrogen and oxygen atoms in total. The average Bonchev–Trinajstić information content (AvgIpc) is 2.68. The Balaban J connectivity index is 2.40. The Kier molecular flexibility index (Phi) is 8.62. The maximum absolute atomic E-state index is 11.8. The Morgan fingerprint density at radius 2 is 2.07 bits per heavy atom. The molecule has 1 atom stereocenters. The van der Waals surface area contributed by atoms with Gasteiger partial charge in [-0.1, -0.05) is 6.07 Å². The molecule has 1 heterocycles. The number of nitrogens with zero attached hydrogens (tertiary/aromatic N) is 2. The van der Waals surface area contributed by atoms with Crippen LogP contribution >= 0.6 is 0 Å². The molecule has 1 aliphatic heterocycles. The number of benzene rings is 1. The minimum Gasteiger partial charge on any atom is -0.481 e. The minimum atomic E-state index is -0.974. The third-order valence-electron chi connectivity index (χ3n) is 4.93. The summed E-state index contributed by atoms with van der Waals surface area (Å²) in [6.07, 6.45) is 1.42. The molecule has 0 amide bonds. The third kappa shape index (κ3) is 5.88. The molecule has 9 heteroatoms. The van der Waals surface area contributed by atoms with Gasteiger partial charge >= 0.3 is 5.97 Å². The lowest BCUT2D eigenvalue weighted by molar-refractivity contribution is -0.384. The van der Waals surface area contributed by atoms with Gasteiger partial charge in [0, 0.05) is 52.0 Å². The van der Waals surface area contributed by atoms with E-state index < -0.39 is 16.8 Å². The molecule has 1 aromatic rings. The molecular formula is C19H28N2O7. The molecule has 0 aliphatic carbocycles. The lowest BCUT2D eigenvalue weighted by Gasteiger charge is -2.35. The summed E-state index contributed by atoms with van der Waals surface area (Å²) in [4.78, 5) is 24.6. The molecule has 2 rings (SSSR count). The van der Waals surface area contributed by atoms with Gasteiger partial charge in [-0.05, 0) is 24.5 Å². The maximum atomic E-state index is 11.8. The van der Waals surface area contributed by atoms with Gasteiger partial charge in [-0.3, -0.25) is 14.9 Å². The first-order valence-electron chi connectivity index (χ1n) is 9.30. The van der Waals surface area contributed by atoms with Crippen molar-refractivity contribution in [2.24, 2.45) is 0 Å². The molecule has 1 saturated heterocycles. The summed E-state index contributed by atoms with van der Waals surface area (Å²) < 4.78 is 15.7. The number of aliphatic carboxylic acids is 1. The zero-order valence-corrected chi connectivity index (χ0v) is 16.3. The Morgan fingerprint density at radius 1 is 1.36 bits per heavy atom. The van der Waals surface area contributed by atoms with E-state index in [2.05, 4.69) is 0 Å². The Labute approximate surface area is 164 Å². The number of hydrogen-bond acceptors (Lipinski definition) is 7. The van der Waals surface area contributed by atoms with E-state index in [0.29, 0.717) is 37.6 Å². The van der Waals surface area contributed by atoms with Gasteiger partial charge in [0.15, 0.2) is 0 Å². The van der Waals surface area contributed by atoms with Gasteiger partial charge in [0.1, 0.15) is 5.69 Å². The molecule has 0 bridgehead atoms. The van der Waals surface area contributed by atoms with E-state index in [1.165, 1.54) is 13.2 Å². The Hall–Kier alpha value is -2.23. The zero-order valence-electron chi connectivity index (χ0n) is 16.3. The van der Waals surface area contributed by atoms with Crippen LogP contribution in [-0.4, -0.2) is 69.2 Å². The first kappa shape index (κ1) is 22.1. The fraction of sp³-hybridized carbons (Fsp3) is 0.632. The number of nitro groups is 1. The van der Waals surface area contributed by atoms with Crippen LogP contribution in [0.15, 0.2) is 18.2 Å². The second-order valence-electron chi connectivity index (χ2n) is 6.79. The lowest BCUT2D eigenvalue weighted by atomic mass is 9.95. The topological polar surface area (TPSA) is 111 Å². The largest absolute Gasteiger partial charge is 0.481 e. The first-order valence-corrected chi connectivity index (χ1v) is 9.30. The molecular weight excluding hydrogens is 368 g/mol. The Morgan fingerprint density at radius 3 is 2.64 bits per heavy atom. The number of carboxylic acids is 1. The number of rotatable bonds is 11. The average molecular weight is 396 g/mol. The molecule has 1 unspecified atom stereocenters. The number of anilines is 1. The van der Waals surface area contributed by atoms with Gasteiger partial charge in [-0.15, -0.1) is 0 Å². The van der Waals surface area contributed by atoms with Gasteiger partial charge in [-0.2, -0.15) is 0 Å². The van der Waals surface area contributed by atoms with Crippen LogP contribution in [0.4, 0.5) is 11.4 Å². The quantitative estimate of drug-likeness (QED) is 0.448. The van der Waals surface area contributed by atoms with E-state index in [4.69, 9.17) is 19.3 Å².